The summed E-state index contributed by atoms with van der Waals surface area (Å²) >= 11 is 0. The van der Waals surface area contributed by atoms with Crippen LogP contribution in [0.4, 0.5) is 5.82 Å². The number of fused-ring (bicyclic) bond motifs is 1. The van der Waals surface area contributed by atoms with Gasteiger partial charge in [-0.1, -0.05) is 24.6 Å². The molecule has 2 aromatic rings. The van der Waals surface area contributed by atoms with Crippen molar-refractivity contribution in [2.45, 2.75) is 25.3 Å². The van der Waals surface area contributed by atoms with Crippen molar-refractivity contribution in [1.82, 2.24) is 4.98 Å². The van der Waals surface area contributed by atoms with E-state index in [2.05, 4.69) is 10.3 Å². The third kappa shape index (κ3) is 2.69. The minimum atomic E-state index is -0.957. The van der Waals surface area contributed by atoms with Crippen molar-refractivity contribution in [1.29, 1.82) is 0 Å². The number of rotatable bonds is 4. The number of carbonyl (C=O) groups is 1. The number of aromatic nitrogens is 1. The van der Waals surface area contributed by atoms with Gasteiger partial charge in [0.25, 0.3) is 0 Å². The summed E-state index contributed by atoms with van der Waals surface area (Å²) in [6.07, 6.45) is 3.04. The monoisotopic (exact) mass is 286 g/mol. The summed E-state index contributed by atoms with van der Waals surface area (Å²) in [7, 11) is 0. The molecular formula is C16H18N2O3. The first kappa shape index (κ1) is 13.8. The van der Waals surface area contributed by atoms with Crippen LogP contribution in [0.3, 0.4) is 0 Å². The van der Waals surface area contributed by atoms with Crippen LogP contribution in [0, 0.1) is 5.92 Å². The average Bonchev–Trinajstić information content (AvgIpc) is 2.93. The highest BCUT2D eigenvalue weighted by atomic mass is 16.4. The highest BCUT2D eigenvalue weighted by Crippen LogP contribution is 2.29. The molecule has 2 unspecified atom stereocenters. The van der Waals surface area contributed by atoms with Gasteiger partial charge in [-0.25, -0.2) is 9.78 Å². The average molecular weight is 286 g/mol. The molecule has 1 aromatic heterocycles. The molecule has 3 rings (SSSR count). The Hall–Kier alpha value is -2.14. The molecule has 1 heterocycles. The first-order chi connectivity index (χ1) is 10.2. The van der Waals surface area contributed by atoms with Gasteiger partial charge in [-0.05, 0) is 25.0 Å². The van der Waals surface area contributed by atoms with Gasteiger partial charge in [0, 0.05) is 24.0 Å². The van der Waals surface area contributed by atoms with E-state index in [9.17, 15) is 15.0 Å². The molecule has 0 aliphatic heterocycles. The first-order valence-electron chi connectivity index (χ1n) is 7.19. The maximum atomic E-state index is 11.4. The van der Waals surface area contributed by atoms with E-state index in [4.69, 9.17) is 0 Å². The van der Waals surface area contributed by atoms with Crippen molar-refractivity contribution in [3.8, 4) is 0 Å². The van der Waals surface area contributed by atoms with Crippen LogP contribution in [0.5, 0.6) is 0 Å². The predicted molar refractivity (Wildman–Crippen MR) is 80.5 cm³/mol. The number of hydrogen-bond acceptors (Lipinski definition) is 4. The number of carboxylic acids is 1. The summed E-state index contributed by atoms with van der Waals surface area (Å²) < 4.78 is 0. The van der Waals surface area contributed by atoms with Crippen molar-refractivity contribution >= 4 is 22.7 Å². The molecule has 0 radical (unpaired) electrons. The number of para-hydroxylation sites is 1. The van der Waals surface area contributed by atoms with Crippen LogP contribution in [0.1, 0.15) is 29.6 Å². The highest BCUT2D eigenvalue weighted by molar-refractivity contribution is 6.03. The molecule has 1 aromatic carbocycles. The van der Waals surface area contributed by atoms with Crippen LogP contribution in [0.25, 0.3) is 10.9 Å². The molecule has 0 bridgehead atoms. The fraction of sp³-hybridized carbons (Fsp3) is 0.375. The first-order valence-corrected chi connectivity index (χ1v) is 7.19. The van der Waals surface area contributed by atoms with E-state index in [0.717, 1.165) is 19.3 Å². The number of nitrogens with one attached hydrogen (secondary N) is 1. The molecule has 1 aliphatic carbocycles. The van der Waals surface area contributed by atoms with Crippen LogP contribution in [0.2, 0.25) is 0 Å². The molecule has 5 nitrogen and oxygen atoms in total. The number of aliphatic hydroxyl groups is 1. The highest BCUT2D eigenvalue weighted by Gasteiger charge is 2.27. The Balaban J connectivity index is 1.97. The number of hydrogen-bond donors (Lipinski definition) is 3. The second-order valence-electron chi connectivity index (χ2n) is 5.50. The molecule has 0 spiro atoms. The van der Waals surface area contributed by atoms with Gasteiger partial charge in [0.1, 0.15) is 5.82 Å². The molecule has 1 saturated carbocycles. The van der Waals surface area contributed by atoms with Gasteiger partial charge in [-0.3, -0.25) is 0 Å². The van der Waals surface area contributed by atoms with Crippen molar-refractivity contribution < 1.29 is 15.0 Å². The fourth-order valence-corrected chi connectivity index (χ4v) is 3.06. The van der Waals surface area contributed by atoms with Gasteiger partial charge in [-0.15, -0.1) is 0 Å². The van der Waals surface area contributed by atoms with Crippen molar-refractivity contribution in [2.24, 2.45) is 5.92 Å². The van der Waals surface area contributed by atoms with E-state index < -0.39 is 5.97 Å². The molecule has 0 saturated heterocycles. The van der Waals surface area contributed by atoms with E-state index in [-0.39, 0.29) is 24.1 Å². The number of aliphatic hydroxyl groups excluding tert-OH is 1. The van der Waals surface area contributed by atoms with Crippen LogP contribution in [-0.4, -0.2) is 33.8 Å². The minimum Gasteiger partial charge on any atom is -0.478 e. The zero-order chi connectivity index (χ0) is 14.8. The molecule has 5 heteroatoms. The van der Waals surface area contributed by atoms with Gasteiger partial charge in [0.2, 0.25) is 0 Å². The van der Waals surface area contributed by atoms with Crippen molar-refractivity contribution in [2.75, 3.05) is 11.9 Å². The van der Waals surface area contributed by atoms with Gasteiger partial charge in [-0.2, -0.15) is 0 Å². The van der Waals surface area contributed by atoms with Gasteiger partial charge in [0.05, 0.1) is 11.1 Å². The second kappa shape index (κ2) is 5.69. The molecule has 2 atom stereocenters. The number of anilines is 1. The Kier molecular flexibility index (Phi) is 3.75. The Morgan fingerprint density at radius 2 is 2.14 bits per heavy atom. The lowest BCUT2D eigenvalue weighted by molar-refractivity contribution is 0.0699. The lowest BCUT2D eigenvalue weighted by Crippen LogP contribution is -2.27. The zero-order valence-corrected chi connectivity index (χ0v) is 11.6. The molecule has 1 aliphatic rings. The quantitative estimate of drug-likeness (QED) is 0.804. The molecular weight excluding hydrogens is 268 g/mol. The van der Waals surface area contributed by atoms with E-state index >= 15 is 0 Å². The largest absolute Gasteiger partial charge is 0.478 e. The molecule has 3 N–H and O–H groups in total. The summed E-state index contributed by atoms with van der Waals surface area (Å²) in [5.74, 6) is -0.176. The van der Waals surface area contributed by atoms with Crippen molar-refractivity contribution in [3.63, 3.8) is 0 Å². The van der Waals surface area contributed by atoms with Gasteiger partial charge < -0.3 is 15.5 Å². The summed E-state index contributed by atoms with van der Waals surface area (Å²) in [5.41, 5.74) is 0.917. The second-order valence-corrected chi connectivity index (χ2v) is 5.50. The van der Waals surface area contributed by atoms with Crippen molar-refractivity contribution in [3.05, 3.63) is 35.9 Å². The molecule has 0 amide bonds. The Morgan fingerprint density at radius 1 is 1.33 bits per heavy atom. The lowest BCUT2D eigenvalue weighted by Gasteiger charge is -2.20. The number of carboxylic acid groups (broad SMARTS) is 1. The predicted octanol–water partition coefficient (Wildman–Crippen LogP) is 2.51. The summed E-state index contributed by atoms with van der Waals surface area (Å²) in [6.45, 7) is 0.150. The lowest BCUT2D eigenvalue weighted by atomic mass is 10.0. The summed E-state index contributed by atoms with van der Waals surface area (Å²) in [6, 6.07) is 8.97. The Morgan fingerprint density at radius 3 is 2.90 bits per heavy atom. The zero-order valence-electron chi connectivity index (χ0n) is 11.6. The number of aromatic carboxylic acids is 1. The Bertz CT molecular complexity index is 672. The van der Waals surface area contributed by atoms with E-state index in [1.54, 1.807) is 12.1 Å². The summed E-state index contributed by atoms with van der Waals surface area (Å²) in [4.78, 5) is 15.9. The normalized spacial score (nSPS) is 21.6. The molecule has 110 valence electrons. The minimum absolute atomic E-state index is 0.150. The SMILES string of the molecule is O=C(O)c1cc(NC2CCCC2CO)nc2ccccc12. The standard InChI is InChI=1S/C16H18N2O3/c19-9-10-4-3-7-13(10)17-15-8-12(16(20)21)11-5-1-2-6-14(11)18-15/h1-2,5-6,8,10,13,19H,3-4,7,9H2,(H,17,18)(H,20,21). The van der Waals surface area contributed by atoms with E-state index in [1.807, 2.05) is 18.2 Å². The van der Waals surface area contributed by atoms with E-state index in [0.29, 0.717) is 16.7 Å². The molecule has 1 fully saturated rings. The van der Waals surface area contributed by atoms with Crippen LogP contribution in [0.15, 0.2) is 30.3 Å². The van der Waals surface area contributed by atoms with Crippen LogP contribution < -0.4 is 5.32 Å². The number of benzene rings is 1. The van der Waals surface area contributed by atoms with Crippen LogP contribution >= 0.6 is 0 Å². The van der Waals surface area contributed by atoms with Gasteiger partial charge >= 0.3 is 5.97 Å². The van der Waals surface area contributed by atoms with E-state index in [1.165, 1.54) is 0 Å². The molecule has 21 heavy (non-hydrogen) atoms. The fourth-order valence-electron chi connectivity index (χ4n) is 3.06. The van der Waals surface area contributed by atoms with Crippen LogP contribution in [-0.2, 0) is 0 Å². The third-order valence-corrected chi connectivity index (χ3v) is 4.17. The maximum absolute atomic E-state index is 11.4. The number of pyridine rings is 1. The smallest absolute Gasteiger partial charge is 0.336 e. The summed E-state index contributed by atoms with van der Waals surface area (Å²) in [5, 5.41) is 22.7. The Labute approximate surface area is 122 Å². The van der Waals surface area contributed by atoms with Gasteiger partial charge in [0.15, 0.2) is 0 Å². The third-order valence-electron chi connectivity index (χ3n) is 4.17. The maximum Gasteiger partial charge on any atom is 0.336 e. The topological polar surface area (TPSA) is 82.5 Å². The number of nitrogens with zero attached hydrogens (tertiary/aromatic N) is 1.